The van der Waals surface area contributed by atoms with Crippen molar-refractivity contribution in [2.75, 3.05) is 6.61 Å². The Morgan fingerprint density at radius 2 is 2.13 bits per heavy atom. The first kappa shape index (κ1) is 12.4. The van der Waals surface area contributed by atoms with Crippen molar-refractivity contribution < 1.29 is 9.50 Å². The fourth-order valence-electron chi connectivity index (χ4n) is 1.39. The lowest BCUT2D eigenvalue weighted by molar-refractivity contribution is 0.237. The molecule has 0 heterocycles. The van der Waals surface area contributed by atoms with E-state index >= 15 is 0 Å². The number of benzene rings is 1. The van der Waals surface area contributed by atoms with Crippen LogP contribution in [0.4, 0.5) is 4.39 Å². The molecule has 0 saturated heterocycles. The molecule has 1 unspecified atom stereocenters. The summed E-state index contributed by atoms with van der Waals surface area (Å²) in [6, 6.07) is 4.52. The second-order valence-electron chi connectivity index (χ2n) is 3.73. The number of rotatable bonds is 4. The van der Waals surface area contributed by atoms with Crippen LogP contribution in [-0.2, 0) is 0 Å². The lowest BCUT2D eigenvalue weighted by atomic mass is 10.1. The maximum Gasteiger partial charge on any atom is 0.142 e. The van der Waals surface area contributed by atoms with E-state index in [1.807, 2.05) is 13.8 Å². The van der Waals surface area contributed by atoms with Gasteiger partial charge in [0, 0.05) is 6.04 Å². The van der Waals surface area contributed by atoms with Crippen LogP contribution in [0.3, 0.4) is 0 Å². The van der Waals surface area contributed by atoms with Crippen molar-refractivity contribution >= 4 is 11.6 Å². The van der Waals surface area contributed by atoms with E-state index in [0.717, 1.165) is 0 Å². The Hall–Kier alpha value is -0.640. The van der Waals surface area contributed by atoms with E-state index in [4.69, 9.17) is 11.6 Å². The molecule has 0 amide bonds. The number of nitrogens with one attached hydrogen (secondary N) is 1. The average molecular weight is 232 g/mol. The van der Waals surface area contributed by atoms with Crippen LogP contribution in [0.2, 0.25) is 5.02 Å². The minimum Gasteiger partial charge on any atom is -0.394 e. The average Bonchev–Trinajstić information content (AvgIpc) is 2.18. The second kappa shape index (κ2) is 5.45. The van der Waals surface area contributed by atoms with E-state index in [-0.39, 0.29) is 23.7 Å². The quantitative estimate of drug-likeness (QED) is 0.835. The third-order valence-corrected chi connectivity index (χ3v) is 2.37. The van der Waals surface area contributed by atoms with Gasteiger partial charge in [0.1, 0.15) is 5.82 Å². The third-order valence-electron chi connectivity index (χ3n) is 2.06. The van der Waals surface area contributed by atoms with Crippen molar-refractivity contribution in [1.82, 2.24) is 5.32 Å². The molecule has 0 saturated carbocycles. The summed E-state index contributed by atoms with van der Waals surface area (Å²) < 4.78 is 13.2. The summed E-state index contributed by atoms with van der Waals surface area (Å²) in [5.41, 5.74) is 0.702. The maximum atomic E-state index is 13.2. The largest absolute Gasteiger partial charge is 0.394 e. The molecule has 0 aliphatic heterocycles. The molecule has 84 valence electrons. The predicted molar refractivity (Wildman–Crippen MR) is 59.5 cm³/mol. The fourth-order valence-corrected chi connectivity index (χ4v) is 1.50. The molecule has 15 heavy (non-hydrogen) atoms. The van der Waals surface area contributed by atoms with Gasteiger partial charge in [0.05, 0.1) is 17.7 Å². The first-order chi connectivity index (χ1) is 7.04. The number of halogens is 2. The normalized spacial score (nSPS) is 13.2. The van der Waals surface area contributed by atoms with Gasteiger partial charge in [0.25, 0.3) is 0 Å². The molecule has 0 aliphatic rings. The maximum absolute atomic E-state index is 13.2. The zero-order valence-electron chi connectivity index (χ0n) is 8.80. The summed E-state index contributed by atoms with van der Waals surface area (Å²) in [4.78, 5) is 0. The molecule has 0 aromatic heterocycles. The summed E-state index contributed by atoms with van der Waals surface area (Å²) >= 11 is 5.58. The van der Waals surface area contributed by atoms with Gasteiger partial charge in [0.15, 0.2) is 0 Å². The highest BCUT2D eigenvalue weighted by Gasteiger charge is 2.12. The van der Waals surface area contributed by atoms with Gasteiger partial charge in [0.2, 0.25) is 0 Å². The Morgan fingerprint density at radius 1 is 1.47 bits per heavy atom. The molecular weight excluding hydrogens is 217 g/mol. The smallest absolute Gasteiger partial charge is 0.142 e. The van der Waals surface area contributed by atoms with E-state index in [1.165, 1.54) is 12.1 Å². The van der Waals surface area contributed by atoms with E-state index in [0.29, 0.717) is 5.56 Å². The zero-order valence-corrected chi connectivity index (χ0v) is 9.55. The molecule has 1 aromatic carbocycles. The minimum atomic E-state index is -0.460. The molecule has 4 heteroatoms. The van der Waals surface area contributed by atoms with Gasteiger partial charge in [-0.1, -0.05) is 31.5 Å². The number of aliphatic hydroxyl groups excluding tert-OH is 1. The van der Waals surface area contributed by atoms with Crippen LogP contribution in [0, 0.1) is 5.82 Å². The highest BCUT2D eigenvalue weighted by atomic mass is 35.5. The fraction of sp³-hybridized carbons (Fsp3) is 0.455. The van der Waals surface area contributed by atoms with E-state index in [1.54, 1.807) is 6.07 Å². The first-order valence-electron chi connectivity index (χ1n) is 4.86. The number of hydrogen-bond donors (Lipinski definition) is 2. The summed E-state index contributed by atoms with van der Waals surface area (Å²) in [6.07, 6.45) is 0. The van der Waals surface area contributed by atoms with Crippen molar-refractivity contribution in [2.24, 2.45) is 0 Å². The van der Waals surface area contributed by atoms with E-state index < -0.39 is 5.82 Å². The van der Waals surface area contributed by atoms with Crippen molar-refractivity contribution in [2.45, 2.75) is 25.9 Å². The van der Waals surface area contributed by atoms with Crippen LogP contribution in [0.25, 0.3) is 0 Å². The van der Waals surface area contributed by atoms with Crippen LogP contribution in [-0.4, -0.2) is 17.8 Å². The van der Waals surface area contributed by atoms with Crippen LogP contribution in [0.5, 0.6) is 0 Å². The molecule has 0 bridgehead atoms. The second-order valence-corrected chi connectivity index (χ2v) is 4.14. The molecular formula is C11H15ClFNO. The molecule has 0 radical (unpaired) electrons. The highest BCUT2D eigenvalue weighted by Crippen LogP contribution is 2.20. The topological polar surface area (TPSA) is 32.3 Å². The van der Waals surface area contributed by atoms with Crippen molar-refractivity contribution in [1.29, 1.82) is 0 Å². The molecule has 2 N–H and O–H groups in total. The van der Waals surface area contributed by atoms with Gasteiger partial charge in [-0.15, -0.1) is 0 Å². The highest BCUT2D eigenvalue weighted by molar-refractivity contribution is 6.30. The SMILES string of the molecule is CC(C)NC(CO)c1ccc(Cl)c(F)c1. The Labute approximate surface area is 94.1 Å². The van der Waals surface area contributed by atoms with Crippen molar-refractivity contribution in [3.8, 4) is 0 Å². The molecule has 1 rings (SSSR count). The lowest BCUT2D eigenvalue weighted by Crippen LogP contribution is -2.30. The van der Waals surface area contributed by atoms with E-state index in [2.05, 4.69) is 5.32 Å². The Balaban J connectivity index is 2.87. The van der Waals surface area contributed by atoms with Crippen LogP contribution in [0.15, 0.2) is 18.2 Å². The molecule has 1 aromatic rings. The summed E-state index contributed by atoms with van der Waals surface area (Å²) in [6.45, 7) is 3.86. The first-order valence-corrected chi connectivity index (χ1v) is 5.24. The van der Waals surface area contributed by atoms with Gasteiger partial charge < -0.3 is 10.4 Å². The van der Waals surface area contributed by atoms with Crippen LogP contribution in [0.1, 0.15) is 25.5 Å². The summed E-state index contributed by atoms with van der Waals surface area (Å²) in [7, 11) is 0. The molecule has 1 atom stereocenters. The molecule has 0 spiro atoms. The molecule has 0 fully saturated rings. The van der Waals surface area contributed by atoms with Gasteiger partial charge in [-0.25, -0.2) is 4.39 Å². The molecule has 0 aliphatic carbocycles. The van der Waals surface area contributed by atoms with Gasteiger partial charge in [-0.3, -0.25) is 0 Å². The van der Waals surface area contributed by atoms with E-state index in [9.17, 15) is 9.50 Å². The van der Waals surface area contributed by atoms with Gasteiger partial charge in [-0.05, 0) is 17.7 Å². The Kier molecular flexibility index (Phi) is 4.51. The zero-order chi connectivity index (χ0) is 11.4. The lowest BCUT2D eigenvalue weighted by Gasteiger charge is -2.19. The number of aliphatic hydroxyl groups is 1. The summed E-state index contributed by atoms with van der Waals surface area (Å²) in [5, 5.41) is 12.4. The van der Waals surface area contributed by atoms with Crippen molar-refractivity contribution in [3.05, 3.63) is 34.6 Å². The Bertz CT molecular complexity index is 330. The minimum absolute atomic E-state index is 0.0702. The Morgan fingerprint density at radius 3 is 2.60 bits per heavy atom. The van der Waals surface area contributed by atoms with Gasteiger partial charge >= 0.3 is 0 Å². The predicted octanol–water partition coefficient (Wildman–Crippen LogP) is 2.51. The third kappa shape index (κ3) is 3.45. The monoisotopic (exact) mass is 231 g/mol. The summed E-state index contributed by atoms with van der Waals surface area (Å²) in [5.74, 6) is -0.460. The van der Waals surface area contributed by atoms with Crippen molar-refractivity contribution in [3.63, 3.8) is 0 Å². The number of hydrogen-bond acceptors (Lipinski definition) is 2. The van der Waals surface area contributed by atoms with Gasteiger partial charge in [-0.2, -0.15) is 0 Å². The van der Waals surface area contributed by atoms with Crippen LogP contribution < -0.4 is 5.32 Å². The standard InChI is InChI=1S/C11H15ClFNO/c1-7(2)14-11(6-15)8-3-4-9(12)10(13)5-8/h3-5,7,11,14-15H,6H2,1-2H3. The molecule has 2 nitrogen and oxygen atoms in total. The van der Waals surface area contributed by atoms with Crippen LogP contribution >= 0.6 is 11.6 Å².